The molecule has 1 rings (SSSR count). The summed E-state index contributed by atoms with van der Waals surface area (Å²) in [5.41, 5.74) is 10.5. The molecular weight excluding hydrogens is 406 g/mol. The number of amides is 3. The first kappa shape index (κ1) is 26.1. The molecule has 4 atom stereocenters. The molecule has 0 saturated carbocycles. The Morgan fingerprint density at radius 2 is 1.94 bits per heavy atom. The molecule has 12 heteroatoms. The maximum atomic E-state index is 12.7. The number of aliphatic imine (C=N–C) groups is 1. The van der Waals surface area contributed by atoms with Crippen molar-refractivity contribution in [3.63, 3.8) is 0 Å². The highest BCUT2D eigenvalue weighted by molar-refractivity contribution is 5.92. The van der Waals surface area contributed by atoms with Gasteiger partial charge in [-0.1, -0.05) is 20.3 Å². The van der Waals surface area contributed by atoms with Crippen molar-refractivity contribution >= 4 is 29.7 Å². The molecule has 12 nitrogen and oxygen atoms in total. The van der Waals surface area contributed by atoms with Crippen LogP contribution in [0.3, 0.4) is 0 Å². The third kappa shape index (κ3) is 9.64. The molecule has 4 unspecified atom stereocenters. The van der Waals surface area contributed by atoms with Gasteiger partial charge in [-0.25, -0.2) is 4.79 Å². The quantitative estimate of drug-likeness (QED) is 0.0966. The summed E-state index contributed by atoms with van der Waals surface area (Å²) in [4.78, 5) is 52.4. The van der Waals surface area contributed by atoms with E-state index in [0.29, 0.717) is 19.3 Å². The number of carboxylic acids is 1. The highest BCUT2D eigenvalue weighted by atomic mass is 16.4. The van der Waals surface area contributed by atoms with E-state index < -0.39 is 29.9 Å². The first-order chi connectivity index (χ1) is 14.6. The van der Waals surface area contributed by atoms with Crippen LogP contribution < -0.4 is 32.7 Å². The van der Waals surface area contributed by atoms with Crippen LogP contribution in [0.1, 0.15) is 46.0 Å². The average Bonchev–Trinajstić information content (AvgIpc) is 3.26. The molecule has 0 radical (unpaired) electrons. The summed E-state index contributed by atoms with van der Waals surface area (Å²) in [6.45, 7) is 4.37. The fourth-order valence-corrected chi connectivity index (χ4v) is 3.15. The second-order valence-corrected chi connectivity index (χ2v) is 7.65. The number of nitrogens with two attached hydrogens (primary N) is 2. The van der Waals surface area contributed by atoms with Crippen LogP contribution >= 0.6 is 0 Å². The molecule has 0 aliphatic carbocycles. The summed E-state index contributed by atoms with van der Waals surface area (Å²) in [7, 11) is 0. The predicted octanol–water partition coefficient (Wildman–Crippen LogP) is -1.99. The molecule has 0 aromatic rings. The number of nitrogens with one attached hydrogen (secondary N) is 4. The lowest BCUT2D eigenvalue weighted by Gasteiger charge is -2.25. The Morgan fingerprint density at radius 1 is 1.23 bits per heavy atom. The summed E-state index contributed by atoms with van der Waals surface area (Å²) < 4.78 is 0. The Bertz CT molecular complexity index is 660. The van der Waals surface area contributed by atoms with E-state index >= 15 is 0 Å². The van der Waals surface area contributed by atoms with Crippen molar-refractivity contribution in [2.24, 2.45) is 22.4 Å². The normalized spacial score (nSPS) is 18.3. The molecule has 31 heavy (non-hydrogen) atoms. The van der Waals surface area contributed by atoms with Crippen LogP contribution in [0, 0.1) is 5.92 Å². The van der Waals surface area contributed by atoms with E-state index in [1.807, 2.05) is 6.92 Å². The molecule has 3 amide bonds. The van der Waals surface area contributed by atoms with Crippen molar-refractivity contribution in [2.45, 2.75) is 64.1 Å². The van der Waals surface area contributed by atoms with Crippen LogP contribution in [0.4, 0.5) is 0 Å². The van der Waals surface area contributed by atoms with Gasteiger partial charge in [-0.15, -0.1) is 0 Å². The number of hydrogen-bond donors (Lipinski definition) is 7. The van der Waals surface area contributed by atoms with Crippen molar-refractivity contribution in [2.75, 3.05) is 19.6 Å². The fraction of sp³-hybridized carbons (Fsp3) is 0.737. The van der Waals surface area contributed by atoms with Gasteiger partial charge in [0, 0.05) is 6.54 Å². The molecule has 176 valence electrons. The van der Waals surface area contributed by atoms with E-state index in [9.17, 15) is 24.3 Å². The first-order valence-electron chi connectivity index (χ1n) is 10.5. The third-order valence-corrected chi connectivity index (χ3v) is 5.17. The zero-order valence-electron chi connectivity index (χ0n) is 18.1. The van der Waals surface area contributed by atoms with Crippen LogP contribution in [0.5, 0.6) is 0 Å². The highest BCUT2D eigenvalue weighted by Crippen LogP contribution is 2.10. The minimum absolute atomic E-state index is 0.0914. The Hall–Kier alpha value is -2.89. The number of carbonyl (C=O) groups excluding carboxylic acids is 3. The molecule has 1 saturated heterocycles. The van der Waals surface area contributed by atoms with Crippen LogP contribution in [0.15, 0.2) is 4.99 Å². The number of rotatable bonds is 13. The van der Waals surface area contributed by atoms with Crippen molar-refractivity contribution in [3.8, 4) is 0 Å². The number of carboxylic acid groups (broad SMARTS) is 1. The van der Waals surface area contributed by atoms with Crippen molar-refractivity contribution < 1.29 is 24.3 Å². The maximum absolute atomic E-state index is 12.7. The molecule has 1 fully saturated rings. The SMILES string of the molecule is CCC(C)C(NC(=O)CNC(=O)C1CCCN1)C(=O)NC(CCCN=C(N)N)C(=O)O. The van der Waals surface area contributed by atoms with Gasteiger partial charge in [-0.2, -0.15) is 0 Å². The minimum Gasteiger partial charge on any atom is -0.480 e. The third-order valence-electron chi connectivity index (χ3n) is 5.17. The van der Waals surface area contributed by atoms with Crippen LogP contribution in [-0.4, -0.2) is 72.5 Å². The van der Waals surface area contributed by atoms with Gasteiger partial charge in [0.05, 0.1) is 12.6 Å². The number of aliphatic carboxylic acids is 1. The van der Waals surface area contributed by atoms with Crippen LogP contribution in [-0.2, 0) is 19.2 Å². The lowest BCUT2D eigenvalue weighted by molar-refractivity contribution is -0.142. The van der Waals surface area contributed by atoms with Gasteiger partial charge in [-0.3, -0.25) is 19.4 Å². The Balaban J connectivity index is 2.63. The molecule has 1 heterocycles. The summed E-state index contributed by atoms with van der Waals surface area (Å²) >= 11 is 0. The van der Waals surface area contributed by atoms with E-state index in [1.54, 1.807) is 6.92 Å². The first-order valence-corrected chi connectivity index (χ1v) is 10.5. The second-order valence-electron chi connectivity index (χ2n) is 7.65. The number of hydrogen-bond acceptors (Lipinski definition) is 6. The van der Waals surface area contributed by atoms with Crippen molar-refractivity contribution in [3.05, 3.63) is 0 Å². The number of carbonyl (C=O) groups is 4. The van der Waals surface area contributed by atoms with E-state index in [0.717, 1.165) is 13.0 Å². The largest absolute Gasteiger partial charge is 0.480 e. The van der Waals surface area contributed by atoms with E-state index in [1.165, 1.54) is 0 Å². The smallest absolute Gasteiger partial charge is 0.326 e. The summed E-state index contributed by atoms with van der Waals surface area (Å²) in [6.07, 6.45) is 2.68. The number of guanidine groups is 1. The molecule has 1 aliphatic rings. The predicted molar refractivity (Wildman–Crippen MR) is 115 cm³/mol. The molecule has 0 aromatic carbocycles. The Kier molecular flexibility index (Phi) is 11.3. The number of nitrogens with zero attached hydrogens (tertiary/aromatic N) is 1. The monoisotopic (exact) mass is 441 g/mol. The Labute approximate surface area is 182 Å². The summed E-state index contributed by atoms with van der Waals surface area (Å²) in [6, 6.07) is -2.38. The van der Waals surface area contributed by atoms with Gasteiger partial charge in [-0.05, 0) is 38.1 Å². The maximum Gasteiger partial charge on any atom is 0.326 e. The molecule has 0 bridgehead atoms. The lowest BCUT2D eigenvalue weighted by Crippen LogP contribution is -2.55. The summed E-state index contributed by atoms with van der Waals surface area (Å²) in [5.74, 6) is -2.90. The van der Waals surface area contributed by atoms with E-state index in [4.69, 9.17) is 11.5 Å². The van der Waals surface area contributed by atoms with Crippen LogP contribution in [0.2, 0.25) is 0 Å². The van der Waals surface area contributed by atoms with Gasteiger partial charge in [0.25, 0.3) is 0 Å². The van der Waals surface area contributed by atoms with Gasteiger partial charge in [0.1, 0.15) is 12.1 Å². The lowest BCUT2D eigenvalue weighted by atomic mass is 9.97. The molecule has 9 N–H and O–H groups in total. The Morgan fingerprint density at radius 3 is 2.48 bits per heavy atom. The highest BCUT2D eigenvalue weighted by Gasteiger charge is 2.30. The molecule has 0 aromatic heterocycles. The van der Waals surface area contributed by atoms with Gasteiger partial charge in [0.2, 0.25) is 17.7 Å². The molecule has 1 aliphatic heterocycles. The van der Waals surface area contributed by atoms with Crippen LogP contribution in [0.25, 0.3) is 0 Å². The van der Waals surface area contributed by atoms with Crippen molar-refractivity contribution in [1.29, 1.82) is 0 Å². The fourth-order valence-electron chi connectivity index (χ4n) is 3.15. The van der Waals surface area contributed by atoms with Gasteiger partial charge >= 0.3 is 5.97 Å². The van der Waals surface area contributed by atoms with Gasteiger partial charge < -0.3 is 37.8 Å². The zero-order chi connectivity index (χ0) is 23.4. The topological polar surface area (TPSA) is 201 Å². The summed E-state index contributed by atoms with van der Waals surface area (Å²) in [5, 5.41) is 20.1. The minimum atomic E-state index is -1.19. The van der Waals surface area contributed by atoms with Gasteiger partial charge in [0.15, 0.2) is 5.96 Å². The average molecular weight is 442 g/mol. The van der Waals surface area contributed by atoms with Crippen molar-refractivity contribution in [1.82, 2.24) is 21.3 Å². The second kappa shape index (κ2) is 13.4. The zero-order valence-corrected chi connectivity index (χ0v) is 18.1. The van der Waals surface area contributed by atoms with E-state index in [2.05, 4.69) is 26.3 Å². The van der Waals surface area contributed by atoms with E-state index in [-0.39, 0.29) is 43.3 Å². The molecular formula is C19H35N7O5. The standard InChI is InChI=1S/C19H35N7O5/c1-3-11(2)15(26-14(27)10-24-16(28)12-6-4-8-22-12)17(29)25-13(18(30)31)7-5-9-23-19(20)21/h11-13,15,22H,3-10H2,1-2H3,(H,24,28)(H,25,29)(H,26,27)(H,30,31)(H4,20,21,23). The molecule has 0 spiro atoms.